The van der Waals surface area contributed by atoms with Crippen LogP contribution in [0.5, 0.6) is 5.75 Å². The van der Waals surface area contributed by atoms with E-state index in [-0.39, 0.29) is 5.91 Å². The van der Waals surface area contributed by atoms with E-state index >= 15 is 0 Å². The van der Waals surface area contributed by atoms with Crippen molar-refractivity contribution in [3.05, 3.63) is 29.8 Å². The molecule has 0 saturated heterocycles. The summed E-state index contributed by atoms with van der Waals surface area (Å²) in [6.07, 6.45) is 0.530. The minimum absolute atomic E-state index is 0.0582. The van der Waals surface area contributed by atoms with E-state index in [9.17, 15) is 4.79 Å². The van der Waals surface area contributed by atoms with Crippen molar-refractivity contribution in [1.29, 1.82) is 0 Å². The van der Waals surface area contributed by atoms with E-state index in [1.807, 2.05) is 31.2 Å². The van der Waals surface area contributed by atoms with Crippen LogP contribution in [-0.2, 0) is 4.79 Å². The fourth-order valence-corrected chi connectivity index (χ4v) is 1.57. The Kier molecular flexibility index (Phi) is 5.69. The quantitative estimate of drug-likeness (QED) is 0.841. The summed E-state index contributed by atoms with van der Waals surface area (Å²) >= 11 is 0. The van der Waals surface area contributed by atoms with Gasteiger partial charge >= 0.3 is 0 Å². The van der Waals surface area contributed by atoms with Gasteiger partial charge in [0.1, 0.15) is 5.75 Å². The van der Waals surface area contributed by atoms with Crippen molar-refractivity contribution in [2.24, 2.45) is 5.92 Å². The summed E-state index contributed by atoms with van der Waals surface area (Å²) in [6, 6.07) is 7.72. The monoisotopic (exact) mass is 249 g/mol. The molecule has 0 saturated carbocycles. The molecule has 0 aliphatic carbocycles. The first-order valence-electron chi connectivity index (χ1n) is 6.50. The number of amides is 1. The van der Waals surface area contributed by atoms with Gasteiger partial charge in [-0.15, -0.1) is 0 Å². The van der Waals surface area contributed by atoms with Crippen LogP contribution in [0.25, 0.3) is 0 Å². The van der Waals surface area contributed by atoms with Crippen molar-refractivity contribution < 1.29 is 9.53 Å². The van der Waals surface area contributed by atoms with Crippen molar-refractivity contribution in [2.45, 2.75) is 40.2 Å². The second-order valence-electron chi connectivity index (χ2n) is 5.05. The predicted molar refractivity (Wildman–Crippen MR) is 73.7 cm³/mol. The van der Waals surface area contributed by atoms with Crippen LogP contribution in [0.4, 0.5) is 0 Å². The first-order chi connectivity index (χ1) is 8.49. The van der Waals surface area contributed by atoms with Crippen molar-refractivity contribution in [2.75, 3.05) is 6.54 Å². The molecule has 1 unspecified atom stereocenters. The molecule has 100 valence electrons. The molecule has 18 heavy (non-hydrogen) atoms. The Morgan fingerprint density at radius 2 is 2.06 bits per heavy atom. The molecule has 0 radical (unpaired) electrons. The van der Waals surface area contributed by atoms with Crippen molar-refractivity contribution >= 4 is 5.91 Å². The summed E-state index contributed by atoms with van der Waals surface area (Å²) in [7, 11) is 0. The smallest absolute Gasteiger partial charge is 0.260 e. The third-order valence-electron chi connectivity index (χ3n) is 2.69. The Labute approximate surface area is 110 Å². The molecule has 0 aliphatic rings. The Bertz CT molecular complexity index is 388. The molecule has 0 bridgehead atoms. The van der Waals surface area contributed by atoms with Crippen molar-refractivity contribution in [3.63, 3.8) is 0 Å². The molecule has 3 heteroatoms. The molecule has 0 heterocycles. The zero-order chi connectivity index (χ0) is 13.5. The highest BCUT2D eigenvalue weighted by Gasteiger charge is 2.13. The van der Waals surface area contributed by atoms with Gasteiger partial charge < -0.3 is 10.1 Å². The molecule has 1 aromatic carbocycles. The Morgan fingerprint density at radius 3 is 2.67 bits per heavy atom. The van der Waals surface area contributed by atoms with E-state index in [2.05, 4.69) is 19.2 Å². The molecule has 0 spiro atoms. The van der Waals surface area contributed by atoms with Crippen LogP contribution in [0.3, 0.4) is 0 Å². The first-order valence-corrected chi connectivity index (χ1v) is 6.50. The summed E-state index contributed by atoms with van der Waals surface area (Å²) in [5.74, 6) is 1.27. The van der Waals surface area contributed by atoms with E-state index < -0.39 is 6.10 Å². The number of carbonyl (C=O) groups excluding carboxylic acids is 1. The summed E-state index contributed by atoms with van der Waals surface area (Å²) < 4.78 is 5.60. The topological polar surface area (TPSA) is 38.3 Å². The van der Waals surface area contributed by atoms with Crippen LogP contribution in [0.15, 0.2) is 24.3 Å². The lowest BCUT2D eigenvalue weighted by Crippen LogP contribution is -2.37. The molecule has 1 amide bonds. The van der Waals surface area contributed by atoms with Crippen molar-refractivity contribution in [1.82, 2.24) is 5.32 Å². The van der Waals surface area contributed by atoms with E-state index in [0.29, 0.717) is 12.5 Å². The van der Waals surface area contributed by atoms with Crippen LogP contribution >= 0.6 is 0 Å². The highest BCUT2D eigenvalue weighted by atomic mass is 16.5. The Balaban J connectivity index is 2.40. The largest absolute Gasteiger partial charge is 0.481 e. The maximum Gasteiger partial charge on any atom is 0.260 e. The minimum atomic E-state index is -0.459. The van der Waals surface area contributed by atoms with Crippen LogP contribution < -0.4 is 10.1 Å². The molecule has 3 nitrogen and oxygen atoms in total. The molecule has 0 aromatic heterocycles. The van der Waals surface area contributed by atoms with Gasteiger partial charge in [0.05, 0.1) is 0 Å². The molecule has 1 aromatic rings. The van der Waals surface area contributed by atoms with Gasteiger partial charge in [0.15, 0.2) is 6.10 Å². The first kappa shape index (κ1) is 14.6. The lowest BCUT2D eigenvalue weighted by atomic mass is 10.1. The van der Waals surface area contributed by atoms with Gasteiger partial charge in [0.2, 0.25) is 0 Å². The molecular weight excluding hydrogens is 226 g/mol. The number of hydrogen-bond donors (Lipinski definition) is 1. The SMILES string of the molecule is Cc1cccc(OC(C)C(=O)NCCC(C)C)c1. The van der Waals surface area contributed by atoms with E-state index in [1.165, 1.54) is 0 Å². The van der Waals surface area contributed by atoms with Gasteiger partial charge in [-0.25, -0.2) is 0 Å². The van der Waals surface area contributed by atoms with E-state index in [0.717, 1.165) is 17.7 Å². The highest BCUT2D eigenvalue weighted by molar-refractivity contribution is 5.80. The minimum Gasteiger partial charge on any atom is -0.481 e. The Hall–Kier alpha value is -1.51. The maximum absolute atomic E-state index is 11.8. The molecule has 1 N–H and O–H groups in total. The summed E-state index contributed by atoms with van der Waals surface area (Å²) in [5, 5.41) is 2.88. The lowest BCUT2D eigenvalue weighted by Gasteiger charge is -2.15. The fraction of sp³-hybridized carbons (Fsp3) is 0.533. The van der Waals surface area contributed by atoms with Gasteiger partial charge in [0, 0.05) is 6.54 Å². The zero-order valence-corrected chi connectivity index (χ0v) is 11.7. The van der Waals surface area contributed by atoms with Gasteiger partial charge in [0.25, 0.3) is 5.91 Å². The number of hydrogen-bond acceptors (Lipinski definition) is 2. The molecular formula is C15H23NO2. The van der Waals surface area contributed by atoms with Gasteiger partial charge in [-0.05, 0) is 43.9 Å². The number of rotatable bonds is 6. The van der Waals surface area contributed by atoms with Crippen LogP contribution in [0.1, 0.15) is 32.8 Å². The second kappa shape index (κ2) is 7.04. The van der Waals surface area contributed by atoms with Crippen LogP contribution in [-0.4, -0.2) is 18.6 Å². The van der Waals surface area contributed by atoms with Gasteiger partial charge in [-0.3, -0.25) is 4.79 Å². The summed E-state index contributed by atoms with van der Waals surface area (Å²) in [6.45, 7) is 8.75. The average Bonchev–Trinajstić information content (AvgIpc) is 2.28. The lowest BCUT2D eigenvalue weighted by molar-refractivity contribution is -0.127. The second-order valence-corrected chi connectivity index (χ2v) is 5.05. The predicted octanol–water partition coefficient (Wildman–Crippen LogP) is 2.92. The van der Waals surface area contributed by atoms with Crippen LogP contribution in [0, 0.1) is 12.8 Å². The standard InChI is InChI=1S/C15H23NO2/c1-11(2)8-9-16-15(17)13(4)18-14-7-5-6-12(3)10-14/h5-7,10-11,13H,8-9H2,1-4H3,(H,16,17). The third kappa shape index (κ3) is 5.21. The average molecular weight is 249 g/mol. The molecule has 1 atom stereocenters. The number of nitrogens with one attached hydrogen (secondary N) is 1. The molecule has 0 aliphatic heterocycles. The van der Waals surface area contributed by atoms with Crippen LogP contribution in [0.2, 0.25) is 0 Å². The number of aryl methyl sites for hydroxylation is 1. The highest BCUT2D eigenvalue weighted by Crippen LogP contribution is 2.14. The number of ether oxygens (including phenoxy) is 1. The number of benzene rings is 1. The Morgan fingerprint density at radius 1 is 1.33 bits per heavy atom. The molecule has 0 fully saturated rings. The number of carbonyl (C=O) groups is 1. The van der Waals surface area contributed by atoms with Gasteiger partial charge in [-0.2, -0.15) is 0 Å². The zero-order valence-electron chi connectivity index (χ0n) is 11.7. The van der Waals surface area contributed by atoms with E-state index in [4.69, 9.17) is 4.74 Å². The third-order valence-corrected chi connectivity index (χ3v) is 2.69. The maximum atomic E-state index is 11.8. The summed E-state index contributed by atoms with van der Waals surface area (Å²) in [4.78, 5) is 11.8. The fourth-order valence-electron chi connectivity index (χ4n) is 1.57. The summed E-state index contributed by atoms with van der Waals surface area (Å²) in [5.41, 5.74) is 1.12. The van der Waals surface area contributed by atoms with Crippen molar-refractivity contribution in [3.8, 4) is 5.75 Å². The van der Waals surface area contributed by atoms with E-state index in [1.54, 1.807) is 6.92 Å². The normalized spacial score (nSPS) is 12.3. The molecule has 1 rings (SSSR count). The van der Waals surface area contributed by atoms with Gasteiger partial charge in [-0.1, -0.05) is 26.0 Å².